The number of benzene rings is 13. The van der Waals surface area contributed by atoms with Crippen LogP contribution in [0.4, 0.5) is 0 Å². The molecule has 6 aromatic heterocycles. The van der Waals surface area contributed by atoms with Gasteiger partial charge in [0.25, 0.3) is 0 Å². The van der Waals surface area contributed by atoms with Crippen LogP contribution in [0.25, 0.3) is 177 Å². The highest BCUT2D eigenvalue weighted by molar-refractivity contribution is 6.19. The van der Waals surface area contributed by atoms with Crippen LogP contribution in [0, 0.1) is 13.8 Å². The molecule has 450 valence electrons. The van der Waals surface area contributed by atoms with Crippen molar-refractivity contribution < 1.29 is 0 Å². The summed E-state index contributed by atoms with van der Waals surface area (Å²) in [6, 6.07) is 118. The number of pyridine rings is 2. The average molecular weight is 1230 g/mol. The van der Waals surface area contributed by atoms with Crippen molar-refractivity contribution in [1.29, 1.82) is 0 Å². The summed E-state index contributed by atoms with van der Waals surface area (Å²) in [5.74, 6) is 0. The normalized spacial score (nSPS) is 11.9. The maximum atomic E-state index is 5.65. The van der Waals surface area contributed by atoms with Gasteiger partial charge in [0.15, 0.2) is 0 Å². The second-order valence-electron chi connectivity index (χ2n) is 25.2. The van der Waals surface area contributed by atoms with Gasteiger partial charge in [0, 0.05) is 71.8 Å². The molecule has 6 nitrogen and oxygen atoms in total. The number of fused-ring (bicyclic) bond motifs is 12. The molecule has 0 amide bonds. The van der Waals surface area contributed by atoms with Crippen molar-refractivity contribution in [2.24, 2.45) is 0 Å². The molecule has 0 aliphatic heterocycles. The first-order valence-corrected chi connectivity index (χ1v) is 33.0. The average Bonchev–Trinajstić information content (AvgIpc) is 1.43. The third kappa shape index (κ3) is 8.52. The van der Waals surface area contributed by atoms with Gasteiger partial charge in [-0.15, -0.1) is 0 Å². The number of hydrogen-bond donors (Lipinski definition) is 0. The summed E-state index contributed by atoms with van der Waals surface area (Å²) in [5.41, 5.74) is 27.2. The van der Waals surface area contributed by atoms with Crippen LogP contribution in [0.2, 0.25) is 0 Å². The number of hydrogen-bond acceptors (Lipinski definition) is 2. The molecule has 0 aliphatic rings. The number of aromatic nitrogens is 6. The van der Waals surface area contributed by atoms with Crippen molar-refractivity contribution in [1.82, 2.24) is 28.2 Å². The third-order valence-electron chi connectivity index (χ3n) is 19.8. The van der Waals surface area contributed by atoms with Crippen LogP contribution < -0.4 is 0 Å². The fourth-order valence-electron chi connectivity index (χ4n) is 15.6. The Hall–Kier alpha value is -12.6. The van der Waals surface area contributed by atoms with Gasteiger partial charge < -0.3 is 18.3 Å². The van der Waals surface area contributed by atoms with Gasteiger partial charge in [0.05, 0.1) is 78.1 Å². The smallest absolute Gasteiger partial charge is 0.0962 e. The number of para-hydroxylation sites is 4. The molecule has 0 saturated carbocycles. The lowest BCUT2D eigenvalue weighted by molar-refractivity contribution is 1.03. The standard InChI is InChI=1S/C90H60N6/c1-57-42-47-67(58(2)92-57)85-87(93-77-38-19-15-33-68(77)72-53-63(43-48-81(72)93)59-25-7-3-8-26-59)86(76-37-23-24-52-91-76)89(95-79-40-21-17-35-70(79)74-55-65(45-50-83(74)95)61-29-11-5-12-30-61)90(96-80-41-22-18-36-71(80)75-56-66(46-51-84(75)96)62-31-13-6-14-32-62)88(85)94-78-39-20-16-34-69(78)73-54-64(44-49-82(73)94)60-27-9-4-10-28-60/h3-56H,1-2H3. The monoisotopic (exact) mass is 1220 g/mol. The minimum absolute atomic E-state index is 0.815. The van der Waals surface area contributed by atoms with Crippen molar-refractivity contribution in [3.05, 3.63) is 339 Å². The highest BCUT2D eigenvalue weighted by Crippen LogP contribution is 2.55. The second-order valence-corrected chi connectivity index (χ2v) is 25.2. The number of rotatable bonds is 10. The van der Waals surface area contributed by atoms with Crippen molar-refractivity contribution in [3.8, 4) is 89.6 Å². The zero-order chi connectivity index (χ0) is 63.5. The van der Waals surface area contributed by atoms with Gasteiger partial charge in [0.1, 0.15) is 0 Å². The zero-order valence-electron chi connectivity index (χ0n) is 52.9. The van der Waals surface area contributed by atoms with Crippen LogP contribution in [0.1, 0.15) is 11.4 Å². The summed E-state index contributed by atoms with van der Waals surface area (Å²) in [6.07, 6.45) is 1.97. The Bertz CT molecular complexity index is 6310. The molecule has 0 atom stereocenters. The number of nitrogens with zero attached hydrogens (tertiary/aromatic N) is 6. The molecule has 0 N–H and O–H groups in total. The SMILES string of the molecule is Cc1ccc(-c2c(-n3c4ccccc4c4cc(-c5ccccc5)ccc43)c(-c3ccccn3)c(-n3c4ccccc4c4cc(-c5ccccc5)ccc43)c(-n3c4ccccc4c4cc(-c5ccccc5)ccc43)c2-n2c3ccccc3c3cc(-c4ccccc4)ccc32)c(C)n1. The van der Waals surface area contributed by atoms with E-state index in [1.54, 1.807) is 0 Å². The van der Waals surface area contributed by atoms with E-state index < -0.39 is 0 Å². The molecule has 0 spiro atoms. The molecule has 0 saturated heterocycles. The van der Waals surface area contributed by atoms with E-state index in [1.165, 1.54) is 0 Å². The first-order valence-electron chi connectivity index (χ1n) is 33.0. The molecule has 0 fully saturated rings. The zero-order valence-corrected chi connectivity index (χ0v) is 52.9. The van der Waals surface area contributed by atoms with Crippen LogP contribution in [-0.2, 0) is 0 Å². The molecule has 19 rings (SSSR count). The lowest BCUT2D eigenvalue weighted by atomic mass is 9.90. The van der Waals surface area contributed by atoms with Gasteiger partial charge in [-0.1, -0.05) is 231 Å². The third-order valence-corrected chi connectivity index (χ3v) is 19.8. The maximum Gasteiger partial charge on any atom is 0.0962 e. The van der Waals surface area contributed by atoms with Crippen molar-refractivity contribution >= 4 is 87.2 Å². The highest BCUT2D eigenvalue weighted by atomic mass is 15.1. The maximum absolute atomic E-state index is 5.65. The molecular formula is C90H60N6. The Balaban J connectivity index is 1.12. The van der Waals surface area contributed by atoms with Gasteiger partial charge in [-0.05, 0) is 149 Å². The van der Waals surface area contributed by atoms with Gasteiger partial charge >= 0.3 is 0 Å². The molecule has 13 aromatic carbocycles. The van der Waals surface area contributed by atoms with Crippen molar-refractivity contribution in [3.63, 3.8) is 0 Å². The highest BCUT2D eigenvalue weighted by Gasteiger charge is 2.37. The van der Waals surface area contributed by atoms with Crippen LogP contribution in [0.5, 0.6) is 0 Å². The lowest BCUT2D eigenvalue weighted by Crippen LogP contribution is -2.16. The van der Waals surface area contributed by atoms with Gasteiger partial charge in [-0.25, -0.2) is 0 Å². The van der Waals surface area contributed by atoms with E-state index in [9.17, 15) is 0 Å². The summed E-state index contributed by atoms with van der Waals surface area (Å²) in [4.78, 5) is 11.2. The van der Waals surface area contributed by atoms with E-state index in [-0.39, 0.29) is 0 Å². The molecule has 19 aromatic rings. The minimum Gasteiger partial charge on any atom is -0.308 e. The Morgan fingerprint density at radius 1 is 0.229 bits per heavy atom. The van der Waals surface area contributed by atoms with Crippen LogP contribution in [0.15, 0.2) is 328 Å². The summed E-state index contributed by atoms with van der Waals surface area (Å²) in [6.45, 7) is 4.30. The van der Waals surface area contributed by atoms with Crippen LogP contribution in [-0.4, -0.2) is 28.2 Å². The van der Waals surface area contributed by atoms with Gasteiger partial charge in [-0.3, -0.25) is 9.97 Å². The fraction of sp³-hybridized carbons (Fsp3) is 0.0222. The largest absolute Gasteiger partial charge is 0.308 e. The molecule has 6 heteroatoms. The van der Waals surface area contributed by atoms with Crippen LogP contribution >= 0.6 is 0 Å². The van der Waals surface area contributed by atoms with E-state index in [4.69, 9.17) is 9.97 Å². The molecule has 0 radical (unpaired) electrons. The number of aryl methyl sites for hydroxylation is 2. The Labute approximate surface area is 554 Å². The molecule has 6 heterocycles. The van der Waals surface area contributed by atoms with Gasteiger partial charge in [-0.2, -0.15) is 0 Å². The van der Waals surface area contributed by atoms with E-state index in [0.29, 0.717) is 0 Å². The first kappa shape index (κ1) is 55.0. The van der Waals surface area contributed by atoms with Crippen molar-refractivity contribution in [2.45, 2.75) is 13.8 Å². The van der Waals surface area contributed by atoms with E-state index in [0.717, 1.165) is 188 Å². The Morgan fingerprint density at radius 3 is 0.896 bits per heavy atom. The Kier molecular flexibility index (Phi) is 12.6. The van der Waals surface area contributed by atoms with E-state index >= 15 is 0 Å². The summed E-state index contributed by atoms with van der Waals surface area (Å²) < 4.78 is 10.4. The van der Waals surface area contributed by atoms with Crippen LogP contribution in [0.3, 0.4) is 0 Å². The molecule has 0 aliphatic carbocycles. The van der Waals surface area contributed by atoms with E-state index in [1.807, 2.05) is 12.3 Å². The summed E-state index contributed by atoms with van der Waals surface area (Å²) in [5, 5.41) is 9.13. The summed E-state index contributed by atoms with van der Waals surface area (Å²) >= 11 is 0. The minimum atomic E-state index is 0.815. The van der Waals surface area contributed by atoms with Gasteiger partial charge in [0.2, 0.25) is 0 Å². The predicted octanol–water partition coefficient (Wildman–Crippen LogP) is 23.5. The lowest BCUT2D eigenvalue weighted by Gasteiger charge is -2.31. The molecule has 0 bridgehead atoms. The molecule has 96 heavy (non-hydrogen) atoms. The topological polar surface area (TPSA) is 45.5 Å². The second kappa shape index (κ2) is 22.0. The molecule has 0 unspecified atom stereocenters. The Morgan fingerprint density at radius 2 is 0.542 bits per heavy atom. The fourth-order valence-corrected chi connectivity index (χ4v) is 15.6. The summed E-state index contributed by atoms with van der Waals surface area (Å²) in [7, 11) is 0. The van der Waals surface area contributed by atoms with E-state index in [2.05, 4.69) is 348 Å². The first-order chi connectivity index (χ1) is 47.5. The molecular weight excluding hydrogens is 1170 g/mol. The van der Waals surface area contributed by atoms with Crippen molar-refractivity contribution in [2.75, 3.05) is 0 Å². The quantitative estimate of drug-likeness (QED) is 0.137. The predicted molar refractivity (Wildman–Crippen MR) is 401 cm³/mol.